The van der Waals surface area contributed by atoms with Crippen molar-refractivity contribution in [2.45, 2.75) is 17.4 Å². The third-order valence-electron chi connectivity index (χ3n) is 3.36. The minimum atomic E-state index is -3.83. The van der Waals surface area contributed by atoms with Crippen LogP contribution in [0.15, 0.2) is 33.6 Å². The van der Waals surface area contributed by atoms with Crippen LogP contribution in [-0.2, 0) is 19.9 Å². The van der Waals surface area contributed by atoms with Gasteiger partial charge in [-0.15, -0.1) is 0 Å². The predicted molar refractivity (Wildman–Crippen MR) is 82.2 cm³/mol. The van der Waals surface area contributed by atoms with Crippen LogP contribution >= 0.6 is 15.9 Å². The summed E-state index contributed by atoms with van der Waals surface area (Å²) in [5.41, 5.74) is 0. The number of aliphatic hydroxyl groups excluding tert-OH is 1. The molecule has 0 unspecified atom stereocenters. The number of sulfone groups is 1. The number of benzene rings is 1. The van der Waals surface area contributed by atoms with Crippen molar-refractivity contribution in [2.24, 2.45) is 0 Å². The maximum absolute atomic E-state index is 12.6. The molecule has 1 saturated heterocycles. The molecule has 1 atom stereocenters. The maximum Gasteiger partial charge on any atom is 0.243 e. The Hall–Kier alpha value is -0.480. The molecule has 1 aliphatic rings. The molecule has 1 N–H and O–H groups in total. The third-order valence-corrected chi connectivity index (χ3v) is 7.60. The number of halogens is 1. The number of hydrogen-bond donors (Lipinski definition) is 1. The summed E-state index contributed by atoms with van der Waals surface area (Å²) < 4.78 is 50.3. The number of hydrogen-bond acceptors (Lipinski definition) is 5. The van der Waals surface area contributed by atoms with Crippen molar-refractivity contribution < 1.29 is 21.9 Å². The molecule has 0 bridgehead atoms. The standard InChI is InChI=1S/C12H16BrNO5S2/c13-10-1-3-12(4-2-10)21(18,19)14(6-7-15)11-5-8-20(16,17)9-11/h1-4,11,15H,5-9H2/t11-/m1/s1. The van der Waals surface area contributed by atoms with E-state index in [-0.39, 0.29) is 36.0 Å². The van der Waals surface area contributed by atoms with E-state index in [1.807, 2.05) is 0 Å². The second-order valence-corrected chi connectivity index (χ2v) is 9.89. The van der Waals surface area contributed by atoms with Gasteiger partial charge in [-0.05, 0) is 30.7 Å². The lowest BCUT2D eigenvalue weighted by Gasteiger charge is -2.26. The molecule has 9 heteroatoms. The topological polar surface area (TPSA) is 91.8 Å². The average molecular weight is 398 g/mol. The molecule has 21 heavy (non-hydrogen) atoms. The SMILES string of the molecule is O=S1(=O)CC[C@@H](N(CCO)S(=O)(=O)c2ccc(Br)cc2)C1. The lowest BCUT2D eigenvalue weighted by Crippen LogP contribution is -2.42. The van der Waals surface area contributed by atoms with Gasteiger partial charge in [0.15, 0.2) is 9.84 Å². The van der Waals surface area contributed by atoms with E-state index in [1.54, 1.807) is 12.1 Å². The van der Waals surface area contributed by atoms with Crippen molar-refractivity contribution in [3.63, 3.8) is 0 Å². The van der Waals surface area contributed by atoms with Gasteiger partial charge in [0.1, 0.15) is 0 Å². The van der Waals surface area contributed by atoms with Gasteiger partial charge >= 0.3 is 0 Å². The first kappa shape index (κ1) is 16.9. The van der Waals surface area contributed by atoms with Gasteiger partial charge in [0, 0.05) is 17.1 Å². The van der Waals surface area contributed by atoms with Crippen LogP contribution in [0.3, 0.4) is 0 Å². The van der Waals surface area contributed by atoms with Crippen LogP contribution in [0.2, 0.25) is 0 Å². The highest BCUT2D eigenvalue weighted by molar-refractivity contribution is 9.10. The molecule has 1 fully saturated rings. The normalized spacial score (nSPS) is 21.8. The molecule has 0 aliphatic carbocycles. The summed E-state index contributed by atoms with van der Waals surface area (Å²) in [6.07, 6.45) is 0.262. The molecular formula is C12H16BrNO5S2. The molecule has 1 aromatic rings. The van der Waals surface area contributed by atoms with Crippen LogP contribution in [0, 0.1) is 0 Å². The zero-order valence-electron chi connectivity index (χ0n) is 11.1. The molecule has 1 aromatic carbocycles. The van der Waals surface area contributed by atoms with Gasteiger partial charge in [0.05, 0.1) is 23.0 Å². The van der Waals surface area contributed by atoms with E-state index < -0.39 is 25.9 Å². The fraction of sp³-hybridized carbons (Fsp3) is 0.500. The van der Waals surface area contributed by atoms with Crippen LogP contribution in [0.5, 0.6) is 0 Å². The van der Waals surface area contributed by atoms with E-state index in [2.05, 4.69) is 15.9 Å². The lowest BCUT2D eigenvalue weighted by atomic mass is 10.3. The lowest BCUT2D eigenvalue weighted by molar-refractivity contribution is 0.232. The largest absolute Gasteiger partial charge is 0.395 e. The first-order valence-electron chi connectivity index (χ1n) is 6.35. The van der Waals surface area contributed by atoms with Gasteiger partial charge in [0.2, 0.25) is 10.0 Å². The zero-order valence-corrected chi connectivity index (χ0v) is 14.4. The minimum absolute atomic E-state index is 0.0184. The predicted octanol–water partition coefficient (Wildman–Crippen LogP) is 0.619. The molecule has 118 valence electrons. The monoisotopic (exact) mass is 397 g/mol. The Morgan fingerprint density at radius 1 is 1.29 bits per heavy atom. The molecule has 0 spiro atoms. The molecule has 6 nitrogen and oxygen atoms in total. The van der Waals surface area contributed by atoms with Gasteiger partial charge in [0.25, 0.3) is 0 Å². The van der Waals surface area contributed by atoms with Crippen LogP contribution in [-0.4, -0.2) is 56.9 Å². The Morgan fingerprint density at radius 3 is 2.38 bits per heavy atom. The summed E-state index contributed by atoms with van der Waals surface area (Å²) in [5, 5.41) is 9.12. The van der Waals surface area contributed by atoms with Crippen molar-refractivity contribution in [2.75, 3.05) is 24.7 Å². The van der Waals surface area contributed by atoms with Crippen molar-refractivity contribution in [1.82, 2.24) is 4.31 Å². The van der Waals surface area contributed by atoms with E-state index in [1.165, 1.54) is 12.1 Å². The van der Waals surface area contributed by atoms with E-state index in [9.17, 15) is 16.8 Å². The summed E-state index contributed by atoms with van der Waals surface area (Å²) >= 11 is 3.23. The summed E-state index contributed by atoms with van der Waals surface area (Å²) in [4.78, 5) is 0.0865. The molecular weight excluding hydrogens is 382 g/mol. The van der Waals surface area contributed by atoms with Crippen LogP contribution in [0.25, 0.3) is 0 Å². The van der Waals surface area contributed by atoms with Crippen LogP contribution < -0.4 is 0 Å². The highest BCUT2D eigenvalue weighted by atomic mass is 79.9. The number of rotatable bonds is 5. The number of nitrogens with zero attached hydrogens (tertiary/aromatic N) is 1. The molecule has 1 aliphatic heterocycles. The Labute approximate surface area is 132 Å². The van der Waals surface area contributed by atoms with Crippen LogP contribution in [0.1, 0.15) is 6.42 Å². The van der Waals surface area contributed by atoms with Crippen molar-refractivity contribution in [3.8, 4) is 0 Å². The Kier molecular flexibility index (Phi) is 5.09. The van der Waals surface area contributed by atoms with Gasteiger partial charge in [-0.3, -0.25) is 0 Å². The summed E-state index contributed by atoms with van der Waals surface area (Å²) in [5.74, 6) is -0.210. The maximum atomic E-state index is 12.6. The summed E-state index contributed by atoms with van der Waals surface area (Å²) in [6.45, 7) is -0.467. The fourth-order valence-corrected chi connectivity index (χ4v) is 6.08. The molecule has 0 radical (unpaired) electrons. The first-order chi connectivity index (χ1) is 9.76. The Bertz CT molecular complexity index is 700. The number of sulfonamides is 1. The second-order valence-electron chi connectivity index (χ2n) is 4.85. The molecule has 1 heterocycles. The molecule has 0 saturated carbocycles. The molecule has 0 amide bonds. The third kappa shape index (κ3) is 3.84. The van der Waals surface area contributed by atoms with Gasteiger partial charge < -0.3 is 5.11 Å². The smallest absolute Gasteiger partial charge is 0.243 e. The van der Waals surface area contributed by atoms with E-state index in [0.29, 0.717) is 0 Å². The summed E-state index contributed by atoms with van der Waals surface area (Å²) in [6, 6.07) is 5.50. The van der Waals surface area contributed by atoms with Crippen molar-refractivity contribution in [1.29, 1.82) is 0 Å². The van der Waals surface area contributed by atoms with Gasteiger partial charge in [-0.25, -0.2) is 16.8 Å². The van der Waals surface area contributed by atoms with Crippen molar-refractivity contribution >= 4 is 35.8 Å². The fourth-order valence-electron chi connectivity index (χ4n) is 2.34. The zero-order chi connectivity index (χ0) is 15.7. The van der Waals surface area contributed by atoms with Crippen molar-refractivity contribution in [3.05, 3.63) is 28.7 Å². The summed E-state index contributed by atoms with van der Waals surface area (Å²) in [7, 11) is -7.03. The van der Waals surface area contributed by atoms with E-state index >= 15 is 0 Å². The second kappa shape index (κ2) is 6.33. The molecule has 2 rings (SSSR count). The van der Waals surface area contributed by atoms with E-state index in [4.69, 9.17) is 5.11 Å². The Balaban J connectivity index is 2.35. The first-order valence-corrected chi connectivity index (χ1v) is 10.4. The van der Waals surface area contributed by atoms with E-state index in [0.717, 1.165) is 8.78 Å². The quantitative estimate of drug-likeness (QED) is 0.785. The van der Waals surface area contributed by atoms with Gasteiger partial charge in [-0.2, -0.15) is 4.31 Å². The molecule has 0 aromatic heterocycles. The highest BCUT2D eigenvalue weighted by Gasteiger charge is 2.38. The highest BCUT2D eigenvalue weighted by Crippen LogP contribution is 2.25. The average Bonchev–Trinajstić information content (AvgIpc) is 2.76. The van der Waals surface area contributed by atoms with Crippen LogP contribution in [0.4, 0.5) is 0 Å². The minimum Gasteiger partial charge on any atom is -0.395 e. The number of aliphatic hydroxyl groups is 1. The Morgan fingerprint density at radius 2 is 1.90 bits per heavy atom. The van der Waals surface area contributed by atoms with Gasteiger partial charge in [-0.1, -0.05) is 15.9 Å².